The lowest BCUT2D eigenvalue weighted by atomic mass is 9.81. The predicted octanol–water partition coefficient (Wildman–Crippen LogP) is 9.30. The highest BCUT2D eigenvalue weighted by Crippen LogP contribution is 2.40. The standard InChI is InChI=1S/C34H57N3O3/c1-4-5-6-7-8-9-10-11-12-13-14-15-16-21-33(38)36-37-34(3,28(2)27-35-30-19-17-18-20-30)29-22-23-31-32(26-29)40-25-24-39-31/h22-23,26,28,30,35H,4-21,24-25,27H2,1-3H3. The van der Waals surface area contributed by atoms with Crippen molar-refractivity contribution in [3.8, 4) is 11.5 Å². The van der Waals surface area contributed by atoms with Gasteiger partial charge in [0.1, 0.15) is 18.8 Å². The summed E-state index contributed by atoms with van der Waals surface area (Å²) < 4.78 is 11.6. The van der Waals surface area contributed by atoms with Gasteiger partial charge in [-0.15, -0.1) is 5.11 Å². The molecule has 2 atom stereocenters. The monoisotopic (exact) mass is 555 g/mol. The van der Waals surface area contributed by atoms with Gasteiger partial charge >= 0.3 is 0 Å². The fourth-order valence-corrected chi connectivity index (χ4v) is 5.97. The van der Waals surface area contributed by atoms with Gasteiger partial charge in [-0.25, -0.2) is 0 Å². The smallest absolute Gasteiger partial charge is 0.264 e. The molecule has 1 aliphatic heterocycles. The topological polar surface area (TPSA) is 72.3 Å². The van der Waals surface area contributed by atoms with Crippen molar-refractivity contribution in [3.63, 3.8) is 0 Å². The number of carbonyl (C=O) groups is 1. The molecule has 2 aliphatic rings. The second kappa shape index (κ2) is 18.5. The highest BCUT2D eigenvalue weighted by atomic mass is 16.6. The number of hydrogen-bond acceptors (Lipinski definition) is 5. The van der Waals surface area contributed by atoms with E-state index in [0.717, 1.165) is 36.4 Å². The van der Waals surface area contributed by atoms with E-state index in [4.69, 9.17) is 14.6 Å². The molecule has 1 saturated carbocycles. The summed E-state index contributed by atoms with van der Waals surface area (Å²) in [6.45, 7) is 8.53. The number of nitrogens with one attached hydrogen (secondary N) is 1. The maximum atomic E-state index is 12.7. The molecule has 0 radical (unpaired) electrons. The van der Waals surface area contributed by atoms with Crippen molar-refractivity contribution < 1.29 is 14.3 Å². The highest BCUT2D eigenvalue weighted by Gasteiger charge is 2.35. The molecule has 0 bridgehead atoms. The second-order valence-corrected chi connectivity index (χ2v) is 12.4. The van der Waals surface area contributed by atoms with Crippen molar-refractivity contribution in [1.29, 1.82) is 0 Å². The number of carbonyl (C=O) groups excluding carboxylic acids is 1. The first-order valence-electron chi connectivity index (χ1n) is 16.6. The molecule has 1 N–H and O–H groups in total. The number of ether oxygens (including phenoxy) is 2. The third-order valence-electron chi connectivity index (χ3n) is 9.02. The van der Waals surface area contributed by atoms with Gasteiger partial charge in [0.25, 0.3) is 5.91 Å². The van der Waals surface area contributed by atoms with Crippen LogP contribution in [0.2, 0.25) is 0 Å². The quantitative estimate of drug-likeness (QED) is 0.128. The van der Waals surface area contributed by atoms with Crippen molar-refractivity contribution in [2.45, 2.75) is 148 Å². The summed E-state index contributed by atoms with van der Waals surface area (Å²) in [5.74, 6) is 1.57. The van der Waals surface area contributed by atoms with Crippen LogP contribution in [0.3, 0.4) is 0 Å². The van der Waals surface area contributed by atoms with Crippen LogP contribution in [0.5, 0.6) is 11.5 Å². The first-order valence-corrected chi connectivity index (χ1v) is 16.6. The molecule has 2 unspecified atom stereocenters. The zero-order valence-electron chi connectivity index (χ0n) is 25.9. The Labute approximate surface area is 244 Å². The Morgan fingerprint density at radius 2 is 1.48 bits per heavy atom. The fraction of sp³-hybridized carbons (Fsp3) is 0.794. The van der Waals surface area contributed by atoms with Crippen LogP contribution >= 0.6 is 0 Å². The Morgan fingerprint density at radius 1 is 0.900 bits per heavy atom. The number of amides is 1. The SMILES string of the molecule is CCCCCCCCCCCCCCCC(=O)N=NC(C)(c1ccc2c(c1)OCCO2)C(C)CNC1CCCC1. The number of benzene rings is 1. The van der Waals surface area contributed by atoms with E-state index in [1.54, 1.807) is 0 Å². The van der Waals surface area contributed by atoms with Gasteiger partial charge in [0.15, 0.2) is 11.5 Å². The molecule has 1 amide bonds. The second-order valence-electron chi connectivity index (χ2n) is 12.4. The molecule has 1 heterocycles. The Bertz CT molecular complexity index is 883. The summed E-state index contributed by atoms with van der Waals surface area (Å²) >= 11 is 0. The molecule has 1 fully saturated rings. The van der Waals surface area contributed by atoms with E-state index in [9.17, 15) is 4.79 Å². The van der Waals surface area contributed by atoms with Crippen molar-refractivity contribution in [3.05, 3.63) is 23.8 Å². The third-order valence-corrected chi connectivity index (χ3v) is 9.02. The molecule has 226 valence electrons. The van der Waals surface area contributed by atoms with Gasteiger partial charge in [0.05, 0.1) is 0 Å². The number of hydrogen-bond donors (Lipinski definition) is 1. The molecule has 6 nitrogen and oxygen atoms in total. The first kappa shape index (κ1) is 32.6. The van der Waals surface area contributed by atoms with Gasteiger partial charge < -0.3 is 14.8 Å². The molecule has 6 heteroatoms. The molecule has 1 aliphatic carbocycles. The Morgan fingerprint density at radius 3 is 2.10 bits per heavy atom. The summed E-state index contributed by atoms with van der Waals surface area (Å²) in [5.41, 5.74) is 0.377. The molecule has 0 saturated heterocycles. The van der Waals surface area contributed by atoms with Crippen molar-refractivity contribution in [2.24, 2.45) is 16.1 Å². The minimum atomic E-state index is -0.632. The summed E-state index contributed by atoms with van der Waals surface area (Å²) in [6.07, 6.45) is 22.4. The number of nitrogens with zero attached hydrogens (tertiary/aromatic N) is 2. The normalized spacial score (nSPS) is 17.8. The van der Waals surface area contributed by atoms with E-state index in [-0.39, 0.29) is 11.8 Å². The van der Waals surface area contributed by atoms with E-state index in [2.05, 4.69) is 37.3 Å². The van der Waals surface area contributed by atoms with Gasteiger partial charge in [-0.05, 0) is 49.8 Å². The molecular weight excluding hydrogens is 498 g/mol. The number of fused-ring (bicyclic) bond motifs is 1. The van der Waals surface area contributed by atoms with Gasteiger partial charge in [0, 0.05) is 19.0 Å². The number of unbranched alkanes of at least 4 members (excludes halogenated alkanes) is 12. The average Bonchev–Trinajstić information content (AvgIpc) is 3.50. The first-order chi connectivity index (χ1) is 19.5. The maximum Gasteiger partial charge on any atom is 0.264 e. The zero-order chi connectivity index (χ0) is 28.5. The molecule has 1 aromatic carbocycles. The Kier molecular flexibility index (Phi) is 15.0. The van der Waals surface area contributed by atoms with Crippen LogP contribution in [-0.4, -0.2) is 31.7 Å². The largest absolute Gasteiger partial charge is 0.486 e. The van der Waals surface area contributed by atoms with Gasteiger partial charge in [-0.3, -0.25) is 4.79 Å². The predicted molar refractivity (Wildman–Crippen MR) is 164 cm³/mol. The lowest BCUT2D eigenvalue weighted by Crippen LogP contribution is -2.39. The van der Waals surface area contributed by atoms with Gasteiger partial charge in [-0.2, -0.15) is 5.11 Å². The summed E-state index contributed by atoms with van der Waals surface area (Å²) in [5, 5.41) is 12.7. The molecule has 0 spiro atoms. The van der Waals surface area contributed by atoms with E-state index in [1.165, 1.54) is 96.3 Å². The molecule has 0 aromatic heterocycles. The van der Waals surface area contributed by atoms with E-state index < -0.39 is 5.54 Å². The van der Waals surface area contributed by atoms with Gasteiger partial charge in [-0.1, -0.05) is 110 Å². The van der Waals surface area contributed by atoms with Crippen molar-refractivity contribution in [1.82, 2.24) is 5.32 Å². The van der Waals surface area contributed by atoms with Crippen LogP contribution in [0.4, 0.5) is 0 Å². The van der Waals surface area contributed by atoms with Crippen LogP contribution in [0.1, 0.15) is 142 Å². The molecular formula is C34H57N3O3. The van der Waals surface area contributed by atoms with E-state index in [1.807, 2.05) is 12.1 Å². The van der Waals surface area contributed by atoms with Crippen molar-refractivity contribution in [2.75, 3.05) is 19.8 Å². The average molecular weight is 556 g/mol. The zero-order valence-corrected chi connectivity index (χ0v) is 25.9. The van der Waals surface area contributed by atoms with Crippen LogP contribution in [0, 0.1) is 5.92 Å². The van der Waals surface area contributed by atoms with Crippen LogP contribution in [0.25, 0.3) is 0 Å². The maximum absolute atomic E-state index is 12.7. The highest BCUT2D eigenvalue weighted by molar-refractivity contribution is 5.76. The number of azo groups is 1. The lowest BCUT2D eigenvalue weighted by molar-refractivity contribution is -0.118. The molecule has 3 rings (SSSR count). The fourth-order valence-electron chi connectivity index (χ4n) is 5.97. The minimum absolute atomic E-state index is 0.109. The minimum Gasteiger partial charge on any atom is -0.486 e. The van der Waals surface area contributed by atoms with Crippen molar-refractivity contribution >= 4 is 5.91 Å². The molecule has 40 heavy (non-hydrogen) atoms. The third kappa shape index (κ3) is 11.1. The van der Waals surface area contributed by atoms with E-state index >= 15 is 0 Å². The van der Waals surface area contributed by atoms with Crippen LogP contribution in [0.15, 0.2) is 28.4 Å². The van der Waals surface area contributed by atoms with E-state index in [0.29, 0.717) is 25.7 Å². The summed E-state index contributed by atoms with van der Waals surface area (Å²) in [7, 11) is 0. The Hall–Kier alpha value is -1.95. The van der Waals surface area contributed by atoms with Crippen LogP contribution < -0.4 is 14.8 Å². The molecule has 1 aromatic rings. The Balaban J connectivity index is 1.43. The number of rotatable bonds is 20. The lowest BCUT2D eigenvalue weighted by Gasteiger charge is -2.33. The van der Waals surface area contributed by atoms with Gasteiger partial charge in [0.2, 0.25) is 0 Å². The van der Waals surface area contributed by atoms with Crippen LogP contribution in [-0.2, 0) is 10.3 Å². The summed E-state index contributed by atoms with van der Waals surface area (Å²) in [4.78, 5) is 12.7. The summed E-state index contributed by atoms with van der Waals surface area (Å²) in [6, 6.07) is 6.62.